The summed E-state index contributed by atoms with van der Waals surface area (Å²) < 4.78 is 4.98. The first-order chi connectivity index (χ1) is 5.27. The van der Waals surface area contributed by atoms with Crippen molar-refractivity contribution in [1.29, 1.82) is 0 Å². The third-order valence-electron chi connectivity index (χ3n) is 1.37. The third-order valence-corrected chi connectivity index (χ3v) is 1.37. The molecule has 0 radical (unpaired) electrons. The van der Waals surface area contributed by atoms with Crippen LogP contribution in [0.15, 0.2) is 12.3 Å². The largest absolute Gasteiger partial charge is 0.494 e. The standard InChI is InChI=1S/C7H11N3O/c1-9-7-3-6(11-2)5(8)4-10-7/h3-4H,8H2,1-2H3,(H,9,10). The zero-order chi connectivity index (χ0) is 8.27. The molecule has 1 heterocycles. The molecule has 0 amide bonds. The van der Waals surface area contributed by atoms with E-state index in [1.54, 1.807) is 26.4 Å². The second-order valence-electron chi connectivity index (χ2n) is 2.06. The van der Waals surface area contributed by atoms with Crippen molar-refractivity contribution in [3.63, 3.8) is 0 Å². The Morgan fingerprint density at radius 3 is 2.91 bits per heavy atom. The Hall–Kier alpha value is -1.45. The Labute approximate surface area is 65.4 Å². The van der Waals surface area contributed by atoms with Crippen molar-refractivity contribution in [2.75, 3.05) is 25.2 Å². The molecule has 4 heteroatoms. The van der Waals surface area contributed by atoms with E-state index in [0.717, 1.165) is 5.82 Å². The average molecular weight is 153 g/mol. The predicted molar refractivity (Wildman–Crippen MR) is 44.7 cm³/mol. The highest BCUT2D eigenvalue weighted by Gasteiger charge is 1.99. The molecule has 0 fully saturated rings. The molecule has 0 aliphatic heterocycles. The van der Waals surface area contributed by atoms with Gasteiger partial charge in [-0.1, -0.05) is 0 Å². The molecule has 0 unspecified atom stereocenters. The van der Waals surface area contributed by atoms with E-state index in [9.17, 15) is 0 Å². The zero-order valence-electron chi connectivity index (χ0n) is 6.59. The summed E-state index contributed by atoms with van der Waals surface area (Å²) in [5.41, 5.74) is 6.09. The topological polar surface area (TPSA) is 60.2 Å². The number of nitrogen functional groups attached to an aromatic ring is 1. The monoisotopic (exact) mass is 153 g/mol. The molecule has 1 rings (SSSR count). The smallest absolute Gasteiger partial charge is 0.147 e. The lowest BCUT2D eigenvalue weighted by molar-refractivity contribution is 0.416. The number of methoxy groups -OCH3 is 1. The highest BCUT2D eigenvalue weighted by atomic mass is 16.5. The molecule has 11 heavy (non-hydrogen) atoms. The number of hydrogen-bond acceptors (Lipinski definition) is 4. The van der Waals surface area contributed by atoms with Crippen LogP contribution in [0.1, 0.15) is 0 Å². The van der Waals surface area contributed by atoms with Gasteiger partial charge in [0.05, 0.1) is 19.0 Å². The second kappa shape index (κ2) is 3.09. The highest BCUT2D eigenvalue weighted by molar-refractivity contribution is 5.56. The van der Waals surface area contributed by atoms with Gasteiger partial charge in [-0.3, -0.25) is 0 Å². The van der Waals surface area contributed by atoms with E-state index in [1.807, 2.05) is 0 Å². The molecule has 0 atom stereocenters. The molecule has 1 aromatic rings. The van der Waals surface area contributed by atoms with Crippen LogP contribution in [0.2, 0.25) is 0 Å². The molecule has 0 spiro atoms. The summed E-state index contributed by atoms with van der Waals surface area (Å²) in [4.78, 5) is 3.99. The lowest BCUT2D eigenvalue weighted by Gasteiger charge is -2.05. The van der Waals surface area contributed by atoms with Crippen molar-refractivity contribution in [2.45, 2.75) is 0 Å². The van der Waals surface area contributed by atoms with Crippen LogP contribution >= 0.6 is 0 Å². The number of rotatable bonds is 2. The molecule has 0 saturated carbocycles. The van der Waals surface area contributed by atoms with Crippen molar-refractivity contribution in [3.05, 3.63) is 12.3 Å². The zero-order valence-corrected chi connectivity index (χ0v) is 6.59. The van der Waals surface area contributed by atoms with Crippen LogP contribution in [-0.2, 0) is 0 Å². The van der Waals surface area contributed by atoms with Gasteiger partial charge in [0.2, 0.25) is 0 Å². The SMILES string of the molecule is CNc1cc(OC)c(N)cn1. The molecular formula is C7H11N3O. The van der Waals surface area contributed by atoms with Crippen molar-refractivity contribution < 1.29 is 4.74 Å². The summed E-state index contributed by atoms with van der Waals surface area (Å²) in [6, 6.07) is 1.75. The first-order valence-corrected chi connectivity index (χ1v) is 3.25. The minimum atomic E-state index is 0.548. The predicted octanol–water partition coefficient (Wildman–Crippen LogP) is 0.714. The van der Waals surface area contributed by atoms with Crippen molar-refractivity contribution in [1.82, 2.24) is 4.98 Å². The number of hydrogen-bond donors (Lipinski definition) is 2. The van der Waals surface area contributed by atoms with Crippen LogP contribution in [0.25, 0.3) is 0 Å². The van der Waals surface area contributed by atoms with Crippen LogP contribution in [0, 0.1) is 0 Å². The minimum absolute atomic E-state index is 0.548. The van der Waals surface area contributed by atoms with Gasteiger partial charge in [0.25, 0.3) is 0 Å². The molecular weight excluding hydrogens is 142 g/mol. The lowest BCUT2D eigenvalue weighted by Crippen LogP contribution is -1.97. The maximum Gasteiger partial charge on any atom is 0.147 e. The number of nitrogens with one attached hydrogen (secondary N) is 1. The number of nitrogens with zero attached hydrogens (tertiary/aromatic N) is 1. The van der Waals surface area contributed by atoms with Crippen LogP contribution in [0.3, 0.4) is 0 Å². The summed E-state index contributed by atoms with van der Waals surface area (Å²) in [5, 5.41) is 2.88. The van der Waals surface area contributed by atoms with Crippen LogP contribution < -0.4 is 15.8 Å². The van der Waals surface area contributed by atoms with Gasteiger partial charge in [0.15, 0.2) is 0 Å². The molecule has 4 nitrogen and oxygen atoms in total. The molecule has 0 aliphatic rings. The summed E-state index contributed by atoms with van der Waals surface area (Å²) in [5.74, 6) is 1.39. The quantitative estimate of drug-likeness (QED) is 0.657. The summed E-state index contributed by atoms with van der Waals surface area (Å²) in [7, 11) is 3.36. The van der Waals surface area contributed by atoms with E-state index in [1.165, 1.54) is 0 Å². The Morgan fingerprint density at radius 1 is 1.64 bits per heavy atom. The normalized spacial score (nSPS) is 9.27. The van der Waals surface area contributed by atoms with E-state index in [2.05, 4.69) is 10.3 Å². The van der Waals surface area contributed by atoms with E-state index in [0.29, 0.717) is 11.4 Å². The van der Waals surface area contributed by atoms with Crippen LogP contribution in [-0.4, -0.2) is 19.1 Å². The van der Waals surface area contributed by atoms with E-state index in [4.69, 9.17) is 10.5 Å². The fraction of sp³-hybridized carbons (Fsp3) is 0.286. The van der Waals surface area contributed by atoms with Crippen LogP contribution in [0.5, 0.6) is 5.75 Å². The van der Waals surface area contributed by atoms with Gasteiger partial charge >= 0.3 is 0 Å². The van der Waals surface area contributed by atoms with Crippen molar-refractivity contribution >= 4 is 11.5 Å². The molecule has 3 N–H and O–H groups in total. The van der Waals surface area contributed by atoms with Crippen molar-refractivity contribution in [3.8, 4) is 5.75 Å². The fourth-order valence-corrected chi connectivity index (χ4v) is 0.761. The second-order valence-corrected chi connectivity index (χ2v) is 2.06. The summed E-state index contributed by atoms with van der Waals surface area (Å²) in [6.45, 7) is 0. The molecule has 1 aromatic heterocycles. The number of ether oxygens (including phenoxy) is 1. The van der Waals surface area contributed by atoms with Gasteiger partial charge in [-0.15, -0.1) is 0 Å². The molecule has 0 aromatic carbocycles. The van der Waals surface area contributed by atoms with Gasteiger partial charge in [-0.2, -0.15) is 0 Å². The number of anilines is 2. The van der Waals surface area contributed by atoms with E-state index >= 15 is 0 Å². The number of nitrogens with two attached hydrogens (primary N) is 1. The molecule has 0 saturated heterocycles. The van der Waals surface area contributed by atoms with Gasteiger partial charge in [-0.25, -0.2) is 4.98 Å². The average Bonchev–Trinajstić information content (AvgIpc) is 2.05. The first kappa shape index (κ1) is 7.65. The Kier molecular flexibility index (Phi) is 2.15. The summed E-state index contributed by atoms with van der Waals surface area (Å²) in [6.07, 6.45) is 1.56. The molecule has 0 aliphatic carbocycles. The minimum Gasteiger partial charge on any atom is -0.494 e. The van der Waals surface area contributed by atoms with Gasteiger partial charge in [0.1, 0.15) is 11.6 Å². The fourth-order valence-electron chi connectivity index (χ4n) is 0.761. The van der Waals surface area contributed by atoms with E-state index in [-0.39, 0.29) is 0 Å². The van der Waals surface area contributed by atoms with E-state index < -0.39 is 0 Å². The maximum atomic E-state index is 5.54. The first-order valence-electron chi connectivity index (χ1n) is 3.25. The Balaban J connectivity index is 3.02. The number of aromatic nitrogens is 1. The molecule has 60 valence electrons. The van der Waals surface area contributed by atoms with Crippen LogP contribution in [0.4, 0.5) is 11.5 Å². The highest BCUT2D eigenvalue weighted by Crippen LogP contribution is 2.21. The molecule has 0 bridgehead atoms. The lowest BCUT2D eigenvalue weighted by atomic mass is 10.4. The maximum absolute atomic E-state index is 5.54. The number of pyridine rings is 1. The Morgan fingerprint density at radius 2 is 2.36 bits per heavy atom. The third kappa shape index (κ3) is 1.52. The van der Waals surface area contributed by atoms with Gasteiger partial charge < -0.3 is 15.8 Å². The Bertz CT molecular complexity index is 249. The summed E-state index contributed by atoms with van der Waals surface area (Å²) >= 11 is 0. The van der Waals surface area contributed by atoms with Crippen molar-refractivity contribution in [2.24, 2.45) is 0 Å². The van der Waals surface area contributed by atoms with Gasteiger partial charge in [0, 0.05) is 13.1 Å². The van der Waals surface area contributed by atoms with Gasteiger partial charge in [-0.05, 0) is 0 Å².